The van der Waals surface area contributed by atoms with Gasteiger partial charge in [-0.25, -0.2) is 0 Å². The second-order valence-electron chi connectivity index (χ2n) is 15.6. The van der Waals surface area contributed by atoms with Gasteiger partial charge in [-0.1, -0.05) is 189 Å². The van der Waals surface area contributed by atoms with Crippen molar-refractivity contribution >= 4 is 21.8 Å². The van der Waals surface area contributed by atoms with E-state index in [1.54, 1.807) is 0 Å². The zero-order chi connectivity index (χ0) is 39.7. The lowest BCUT2D eigenvalue weighted by atomic mass is 9.82. The summed E-state index contributed by atoms with van der Waals surface area (Å²) in [5, 5.41) is 2.52. The molecule has 1 aromatic heterocycles. The first kappa shape index (κ1) is 36.1. The van der Waals surface area contributed by atoms with Crippen LogP contribution in [0.1, 0.15) is 36.0 Å². The Bertz CT molecular complexity index is 3060. The molecule has 10 aromatic rings. The molecule has 0 fully saturated rings. The molecule has 0 aliphatic heterocycles. The van der Waals surface area contributed by atoms with E-state index >= 15 is 0 Å². The van der Waals surface area contributed by atoms with Gasteiger partial charge in [0.2, 0.25) is 0 Å². The number of para-hydroxylation sites is 1. The zero-order valence-electron chi connectivity index (χ0n) is 33.5. The highest BCUT2D eigenvalue weighted by atomic mass is 15.0. The van der Waals surface area contributed by atoms with Crippen LogP contribution in [0, 0.1) is 6.92 Å². The number of rotatable bonds is 9. The highest BCUT2D eigenvalue weighted by Gasteiger charge is 2.20. The fraction of sp³-hybridized carbons (Fsp3) is 0.0690. The number of aryl methyl sites for hydroxylation is 1. The summed E-state index contributed by atoms with van der Waals surface area (Å²) in [6, 6.07) is 80.1. The molecule has 0 radical (unpaired) electrons. The third-order valence-corrected chi connectivity index (χ3v) is 12.1. The predicted molar refractivity (Wildman–Crippen MR) is 251 cm³/mol. The molecule has 1 nitrogen and oxygen atoms in total. The van der Waals surface area contributed by atoms with E-state index in [9.17, 15) is 0 Å². The van der Waals surface area contributed by atoms with Crippen molar-refractivity contribution in [3.8, 4) is 61.3 Å². The molecule has 0 spiro atoms. The van der Waals surface area contributed by atoms with E-state index in [0.717, 1.165) is 12.1 Å². The van der Waals surface area contributed by atoms with Crippen LogP contribution >= 0.6 is 0 Å². The lowest BCUT2D eigenvalue weighted by Gasteiger charge is -2.22. The Kier molecular flexibility index (Phi) is 9.56. The second kappa shape index (κ2) is 15.6. The average molecular weight is 756 g/mol. The van der Waals surface area contributed by atoms with Gasteiger partial charge < -0.3 is 4.57 Å². The fourth-order valence-electron chi connectivity index (χ4n) is 9.06. The highest BCUT2D eigenvalue weighted by molar-refractivity contribution is 6.10. The van der Waals surface area contributed by atoms with Gasteiger partial charge in [-0.05, 0) is 122 Å². The van der Waals surface area contributed by atoms with Gasteiger partial charge in [-0.15, -0.1) is 0 Å². The number of aromatic nitrogens is 1. The third-order valence-electron chi connectivity index (χ3n) is 12.1. The lowest BCUT2D eigenvalue weighted by Crippen LogP contribution is -2.03. The van der Waals surface area contributed by atoms with Crippen molar-refractivity contribution in [1.29, 1.82) is 0 Å². The number of hydrogen-bond donors (Lipinski definition) is 0. The van der Waals surface area contributed by atoms with Crippen molar-refractivity contribution in [3.63, 3.8) is 0 Å². The smallest absolute Gasteiger partial charge is 0.0541 e. The Morgan fingerprint density at radius 3 is 1.59 bits per heavy atom. The average Bonchev–Trinajstić information content (AvgIpc) is 3.64. The van der Waals surface area contributed by atoms with E-state index in [0.29, 0.717) is 0 Å². The maximum atomic E-state index is 2.41. The van der Waals surface area contributed by atoms with E-state index < -0.39 is 0 Å². The molecule has 0 saturated carbocycles. The molecule has 0 aliphatic carbocycles. The van der Waals surface area contributed by atoms with Crippen molar-refractivity contribution in [3.05, 3.63) is 235 Å². The molecule has 59 heavy (non-hydrogen) atoms. The van der Waals surface area contributed by atoms with E-state index in [1.807, 2.05) is 0 Å². The maximum Gasteiger partial charge on any atom is 0.0541 e. The van der Waals surface area contributed by atoms with Crippen LogP contribution in [0.3, 0.4) is 0 Å². The first-order valence-corrected chi connectivity index (χ1v) is 20.8. The molecule has 1 atom stereocenters. The van der Waals surface area contributed by atoms with Gasteiger partial charge in [0.05, 0.1) is 11.0 Å². The van der Waals surface area contributed by atoms with E-state index in [1.165, 1.54) is 94.1 Å². The minimum absolute atomic E-state index is 0.252. The molecule has 10 rings (SSSR count). The maximum absolute atomic E-state index is 2.41. The van der Waals surface area contributed by atoms with Crippen LogP contribution in [0.5, 0.6) is 0 Å². The SMILES string of the molecule is CCC(c1cccc(-c2ccc(-c3ccccc3)cc2)c1)c1ccccc1-c1cc(-c2ccc3c(c2)c2ccccc2n3-c2ccc(-c3ccccc3)cc2)ccc1C. The molecule has 0 saturated heterocycles. The van der Waals surface area contributed by atoms with Crippen LogP contribution in [0.25, 0.3) is 83.1 Å². The molecule has 0 amide bonds. The number of benzene rings is 9. The summed E-state index contributed by atoms with van der Waals surface area (Å²) in [5.74, 6) is 0.252. The molecule has 1 unspecified atom stereocenters. The zero-order valence-corrected chi connectivity index (χ0v) is 33.5. The summed E-state index contributed by atoms with van der Waals surface area (Å²) >= 11 is 0. The molecule has 9 aromatic carbocycles. The topological polar surface area (TPSA) is 4.93 Å². The molecule has 1 heteroatoms. The van der Waals surface area contributed by atoms with Gasteiger partial charge in [-0.2, -0.15) is 0 Å². The highest BCUT2D eigenvalue weighted by Crippen LogP contribution is 2.41. The molecule has 1 heterocycles. The summed E-state index contributed by atoms with van der Waals surface area (Å²) < 4.78 is 2.40. The van der Waals surface area contributed by atoms with E-state index in [4.69, 9.17) is 0 Å². The normalized spacial score (nSPS) is 11.9. The Balaban J connectivity index is 0.999. The first-order chi connectivity index (χ1) is 29.1. The first-order valence-electron chi connectivity index (χ1n) is 20.8. The van der Waals surface area contributed by atoms with Crippen molar-refractivity contribution < 1.29 is 0 Å². The van der Waals surface area contributed by atoms with Crippen LogP contribution in [0.4, 0.5) is 0 Å². The molecule has 0 aliphatic rings. The van der Waals surface area contributed by atoms with Gasteiger partial charge in [0, 0.05) is 22.4 Å². The Hall–Kier alpha value is -7.22. The Morgan fingerprint density at radius 2 is 0.881 bits per heavy atom. The minimum atomic E-state index is 0.252. The van der Waals surface area contributed by atoms with Crippen LogP contribution < -0.4 is 0 Å². The lowest BCUT2D eigenvalue weighted by molar-refractivity contribution is 0.779. The Morgan fingerprint density at radius 1 is 0.373 bits per heavy atom. The van der Waals surface area contributed by atoms with Gasteiger partial charge >= 0.3 is 0 Å². The monoisotopic (exact) mass is 755 g/mol. The van der Waals surface area contributed by atoms with Crippen LogP contribution in [-0.2, 0) is 0 Å². The molecule has 0 bridgehead atoms. The van der Waals surface area contributed by atoms with Crippen molar-refractivity contribution in [2.24, 2.45) is 0 Å². The molecule has 282 valence electrons. The van der Waals surface area contributed by atoms with Crippen molar-refractivity contribution in [2.45, 2.75) is 26.2 Å². The minimum Gasteiger partial charge on any atom is -0.309 e. The third kappa shape index (κ3) is 6.85. The van der Waals surface area contributed by atoms with Crippen LogP contribution in [0.15, 0.2) is 218 Å². The van der Waals surface area contributed by atoms with Crippen LogP contribution in [-0.4, -0.2) is 4.57 Å². The molecular weight excluding hydrogens is 711 g/mol. The fourth-order valence-corrected chi connectivity index (χ4v) is 9.06. The summed E-state index contributed by atoms with van der Waals surface area (Å²) in [6.07, 6.45) is 1.00. The van der Waals surface area contributed by atoms with Gasteiger partial charge in [0.1, 0.15) is 0 Å². The van der Waals surface area contributed by atoms with Gasteiger partial charge in [-0.3, -0.25) is 0 Å². The van der Waals surface area contributed by atoms with Crippen LogP contribution in [0.2, 0.25) is 0 Å². The van der Waals surface area contributed by atoms with E-state index in [-0.39, 0.29) is 5.92 Å². The number of nitrogens with zero attached hydrogens (tertiary/aromatic N) is 1. The summed E-state index contributed by atoms with van der Waals surface area (Å²) in [6.45, 7) is 4.56. The second-order valence-corrected chi connectivity index (χ2v) is 15.6. The standard InChI is InChI=1S/C58H45N/c1-3-51(49-20-14-19-46(37-49)45-29-27-43(28-30-45)41-15-6-4-7-16-41)52-21-10-11-22-53(52)55-38-47(26-25-40(55)2)48-33-36-58-56(39-48)54-23-12-13-24-57(54)59(58)50-34-31-44(32-35-50)42-17-8-5-9-18-42/h4-39,51H,3H2,1-2H3. The predicted octanol–water partition coefficient (Wildman–Crippen LogP) is 16.0. The quantitative estimate of drug-likeness (QED) is 0.138. The molecule has 0 N–H and O–H groups in total. The summed E-state index contributed by atoms with van der Waals surface area (Å²) in [7, 11) is 0. The van der Waals surface area contributed by atoms with E-state index in [2.05, 4.69) is 237 Å². The van der Waals surface area contributed by atoms with Gasteiger partial charge in [0.15, 0.2) is 0 Å². The van der Waals surface area contributed by atoms with Crippen molar-refractivity contribution in [1.82, 2.24) is 4.57 Å². The summed E-state index contributed by atoms with van der Waals surface area (Å²) in [4.78, 5) is 0. The largest absolute Gasteiger partial charge is 0.309 e. The van der Waals surface area contributed by atoms with Crippen molar-refractivity contribution in [2.75, 3.05) is 0 Å². The number of hydrogen-bond acceptors (Lipinski definition) is 0. The Labute approximate surface area is 347 Å². The summed E-state index contributed by atoms with van der Waals surface area (Å²) in [5.41, 5.74) is 20.0. The van der Waals surface area contributed by atoms with Gasteiger partial charge in [0.25, 0.3) is 0 Å². The molecular formula is C58H45N. The number of fused-ring (bicyclic) bond motifs is 3.